The predicted octanol–water partition coefficient (Wildman–Crippen LogP) is 7.40. The molecule has 0 radical (unpaired) electrons. The van der Waals surface area contributed by atoms with Crippen LogP contribution in [0.25, 0.3) is 0 Å². The Morgan fingerprint density at radius 1 is 1.06 bits per heavy atom. The molecule has 4 nitrogen and oxygen atoms in total. The second-order valence-corrected chi connectivity index (χ2v) is 11.0. The first-order valence-corrected chi connectivity index (χ1v) is 13.6. The molecule has 3 rings (SSSR count). The van der Waals surface area contributed by atoms with Crippen LogP contribution >= 0.6 is 0 Å². The second kappa shape index (κ2) is 12.6. The first kappa shape index (κ1) is 27.3. The van der Waals surface area contributed by atoms with E-state index in [-0.39, 0.29) is 23.7 Å². The maximum Gasteiger partial charge on any atom is 0.338 e. The molecular weight excluding hydrogens is 434 g/mol. The molecule has 1 aliphatic carbocycles. The van der Waals surface area contributed by atoms with Gasteiger partial charge >= 0.3 is 5.97 Å². The molecule has 4 heteroatoms. The highest BCUT2D eigenvalue weighted by molar-refractivity contribution is 5.90. The number of hydrogen-bond donors (Lipinski definition) is 1. The van der Waals surface area contributed by atoms with Crippen LogP contribution in [0.3, 0.4) is 0 Å². The van der Waals surface area contributed by atoms with Gasteiger partial charge in [0.2, 0.25) is 0 Å². The van der Waals surface area contributed by atoms with Gasteiger partial charge in [0.25, 0.3) is 0 Å². The molecule has 35 heavy (non-hydrogen) atoms. The summed E-state index contributed by atoms with van der Waals surface area (Å²) in [6.45, 7) is 14.2. The van der Waals surface area contributed by atoms with E-state index in [1.165, 1.54) is 6.42 Å². The monoisotopic (exact) mass is 479 g/mol. The van der Waals surface area contributed by atoms with Crippen LogP contribution in [-0.4, -0.2) is 40.7 Å². The first-order valence-electron chi connectivity index (χ1n) is 13.6. The highest BCUT2D eigenvalue weighted by Crippen LogP contribution is 2.37. The minimum atomic E-state index is -0.276. The number of esters is 1. The van der Waals surface area contributed by atoms with Crippen molar-refractivity contribution in [2.45, 2.75) is 97.8 Å². The number of aromatic hydroxyl groups is 1. The summed E-state index contributed by atoms with van der Waals surface area (Å²) in [5.41, 5.74) is 2.46. The first-order chi connectivity index (χ1) is 16.7. The van der Waals surface area contributed by atoms with Gasteiger partial charge in [0.15, 0.2) is 0 Å². The minimum absolute atomic E-state index is 0.0120. The van der Waals surface area contributed by atoms with E-state index in [0.717, 1.165) is 43.4 Å². The third-order valence-electron chi connectivity index (χ3n) is 7.82. The quantitative estimate of drug-likeness (QED) is 0.361. The fourth-order valence-electron chi connectivity index (χ4n) is 5.75. The van der Waals surface area contributed by atoms with Crippen LogP contribution in [0.5, 0.6) is 5.75 Å². The average molecular weight is 480 g/mol. The van der Waals surface area contributed by atoms with Gasteiger partial charge in [0, 0.05) is 23.6 Å². The lowest BCUT2D eigenvalue weighted by atomic mass is 9.79. The maximum atomic E-state index is 13.2. The molecule has 2 aromatic rings. The Morgan fingerprint density at radius 2 is 1.74 bits per heavy atom. The largest absolute Gasteiger partial charge is 0.508 e. The molecule has 1 fully saturated rings. The third-order valence-corrected chi connectivity index (χ3v) is 7.82. The molecule has 4 atom stereocenters. The Labute approximate surface area is 212 Å². The predicted molar refractivity (Wildman–Crippen MR) is 144 cm³/mol. The summed E-state index contributed by atoms with van der Waals surface area (Å²) < 4.78 is 6.06. The molecule has 1 N–H and O–H groups in total. The standard InChI is InChI=1S/C31H45NO3/c1-7-24-14-13-23(6)19-30(24)35-31(34)26-15-16-29(33)28(20-26)27(25-11-9-8-10-12-25)17-18-32(21(2)3)22(4)5/h8-12,15-16,20-24,27,30,33H,7,13-14,17-19H2,1-6H3. The van der Waals surface area contributed by atoms with E-state index in [2.05, 4.69) is 58.6 Å². The van der Waals surface area contributed by atoms with Crippen LogP contribution in [0.1, 0.15) is 101 Å². The zero-order chi connectivity index (χ0) is 25.5. The van der Waals surface area contributed by atoms with Crippen molar-refractivity contribution in [3.63, 3.8) is 0 Å². The number of carbonyl (C=O) groups excluding carboxylic acids is 1. The Balaban J connectivity index is 1.87. The van der Waals surface area contributed by atoms with Gasteiger partial charge in [-0.2, -0.15) is 0 Å². The van der Waals surface area contributed by atoms with Crippen LogP contribution in [0.4, 0.5) is 0 Å². The van der Waals surface area contributed by atoms with E-state index >= 15 is 0 Å². The highest BCUT2D eigenvalue weighted by atomic mass is 16.5. The summed E-state index contributed by atoms with van der Waals surface area (Å²) in [6, 6.07) is 16.4. The van der Waals surface area contributed by atoms with E-state index in [0.29, 0.717) is 29.5 Å². The topological polar surface area (TPSA) is 49.8 Å². The zero-order valence-electron chi connectivity index (χ0n) is 22.5. The van der Waals surface area contributed by atoms with Crippen LogP contribution in [0, 0.1) is 11.8 Å². The van der Waals surface area contributed by atoms with Crippen molar-refractivity contribution >= 4 is 5.97 Å². The number of phenols is 1. The van der Waals surface area contributed by atoms with E-state index in [9.17, 15) is 9.90 Å². The van der Waals surface area contributed by atoms with Crippen LogP contribution < -0.4 is 0 Å². The van der Waals surface area contributed by atoms with Gasteiger partial charge in [-0.3, -0.25) is 4.90 Å². The van der Waals surface area contributed by atoms with Crippen LogP contribution in [0.15, 0.2) is 48.5 Å². The normalized spacial score (nSPS) is 21.5. The van der Waals surface area contributed by atoms with E-state index in [1.54, 1.807) is 12.1 Å². The van der Waals surface area contributed by atoms with Gasteiger partial charge in [-0.1, -0.05) is 50.6 Å². The molecule has 0 saturated heterocycles. The molecule has 192 valence electrons. The van der Waals surface area contributed by atoms with Crippen molar-refractivity contribution in [3.8, 4) is 5.75 Å². The number of benzene rings is 2. The van der Waals surface area contributed by atoms with Crippen LogP contribution in [0.2, 0.25) is 0 Å². The second-order valence-electron chi connectivity index (χ2n) is 11.0. The zero-order valence-corrected chi connectivity index (χ0v) is 22.5. The SMILES string of the molecule is CCC1CCC(C)CC1OC(=O)c1ccc(O)c(C(CCN(C(C)C)C(C)C)c2ccccc2)c1. The average Bonchev–Trinajstić information content (AvgIpc) is 2.82. The van der Waals surface area contributed by atoms with Gasteiger partial charge in [-0.15, -0.1) is 0 Å². The summed E-state index contributed by atoms with van der Waals surface area (Å²) in [6.07, 6.45) is 5.12. The summed E-state index contributed by atoms with van der Waals surface area (Å²) in [5.74, 6) is 0.956. The van der Waals surface area contributed by atoms with Gasteiger partial charge in [0.1, 0.15) is 11.9 Å². The molecule has 0 bridgehead atoms. The lowest BCUT2D eigenvalue weighted by Crippen LogP contribution is -2.38. The molecule has 0 amide bonds. The molecule has 0 heterocycles. The molecular formula is C31H45NO3. The van der Waals surface area contributed by atoms with E-state index in [1.807, 2.05) is 24.3 Å². The van der Waals surface area contributed by atoms with Gasteiger partial charge in [-0.05, 0) is 95.5 Å². The summed E-state index contributed by atoms with van der Waals surface area (Å²) in [4.78, 5) is 15.7. The van der Waals surface area contributed by atoms with Gasteiger partial charge in [0.05, 0.1) is 5.56 Å². The third kappa shape index (κ3) is 7.10. The summed E-state index contributed by atoms with van der Waals surface area (Å²) in [5, 5.41) is 10.9. The number of carbonyl (C=O) groups is 1. The molecule has 0 aliphatic heterocycles. The number of rotatable bonds is 10. The highest BCUT2D eigenvalue weighted by Gasteiger charge is 2.31. The fraction of sp³-hybridized carbons (Fsp3) is 0.581. The molecule has 4 unspecified atom stereocenters. The van der Waals surface area contributed by atoms with Gasteiger partial charge in [-0.25, -0.2) is 4.79 Å². The Kier molecular flexibility index (Phi) is 9.80. The van der Waals surface area contributed by atoms with E-state index < -0.39 is 0 Å². The fourth-order valence-corrected chi connectivity index (χ4v) is 5.75. The van der Waals surface area contributed by atoms with E-state index in [4.69, 9.17) is 4.74 Å². The molecule has 2 aromatic carbocycles. The Hall–Kier alpha value is -2.33. The van der Waals surface area contributed by atoms with Gasteiger partial charge < -0.3 is 9.84 Å². The minimum Gasteiger partial charge on any atom is -0.508 e. The maximum absolute atomic E-state index is 13.2. The smallest absolute Gasteiger partial charge is 0.338 e. The molecule has 1 aliphatic rings. The lowest BCUT2D eigenvalue weighted by molar-refractivity contribution is -0.00762. The van der Waals surface area contributed by atoms with Crippen molar-refractivity contribution in [1.82, 2.24) is 4.90 Å². The number of phenolic OH excluding ortho intramolecular Hbond substituents is 1. The van der Waals surface area contributed by atoms with Crippen molar-refractivity contribution in [3.05, 3.63) is 65.2 Å². The number of hydrogen-bond acceptors (Lipinski definition) is 4. The summed E-state index contributed by atoms with van der Waals surface area (Å²) >= 11 is 0. The van der Waals surface area contributed by atoms with Crippen molar-refractivity contribution in [2.24, 2.45) is 11.8 Å². The van der Waals surface area contributed by atoms with Crippen molar-refractivity contribution in [1.29, 1.82) is 0 Å². The molecule has 0 aromatic heterocycles. The molecule has 1 saturated carbocycles. The summed E-state index contributed by atoms with van der Waals surface area (Å²) in [7, 11) is 0. The molecule has 0 spiro atoms. The number of nitrogens with zero attached hydrogens (tertiary/aromatic N) is 1. The Morgan fingerprint density at radius 3 is 2.37 bits per heavy atom. The van der Waals surface area contributed by atoms with Crippen molar-refractivity contribution < 1.29 is 14.6 Å². The lowest BCUT2D eigenvalue weighted by Gasteiger charge is -2.34. The number of ether oxygens (including phenoxy) is 1. The van der Waals surface area contributed by atoms with Crippen LogP contribution in [-0.2, 0) is 4.74 Å². The Bertz CT molecular complexity index is 931. The van der Waals surface area contributed by atoms with Crippen molar-refractivity contribution in [2.75, 3.05) is 6.54 Å².